The smallest absolute Gasteiger partial charge is 0.417 e. The van der Waals surface area contributed by atoms with Crippen molar-refractivity contribution in [2.75, 3.05) is 37.6 Å². The third kappa shape index (κ3) is 8.52. The highest BCUT2D eigenvalue weighted by Gasteiger charge is 2.35. The number of unbranched alkanes of at least 4 members (excludes halogenated alkanes) is 2. The Morgan fingerprint density at radius 2 is 1.93 bits per heavy atom. The lowest BCUT2D eigenvalue weighted by Crippen LogP contribution is -2.47. The molecule has 1 amide bonds. The molecule has 1 saturated heterocycles. The SMILES string of the molecule is C#CCCCCN1CCN(c2ncc(Sc3ccc(C(N)=O)c(C(F)(F)F)c3)c(OCc3cccc(Cl)c3)n2)CC1. The molecular formula is C29H29ClF3N5O2S. The standard InChI is InChI=1S/C29H29ClF3N5O2S/c1-2-3-4-5-11-37-12-14-38(15-13-37)28-35-18-25(27(36-28)40-19-20-7-6-8-21(30)16-20)41-22-9-10-23(26(34)39)24(17-22)29(31,32)33/h1,6-10,16-18H,3-5,11-15,19H2,(H2,34,39). The fraction of sp³-hybridized carbons (Fsp3) is 0.345. The van der Waals surface area contributed by atoms with E-state index in [0.717, 1.165) is 81.4 Å². The van der Waals surface area contributed by atoms with Crippen LogP contribution in [0.3, 0.4) is 0 Å². The van der Waals surface area contributed by atoms with Gasteiger partial charge in [-0.25, -0.2) is 4.98 Å². The van der Waals surface area contributed by atoms with Crippen LogP contribution in [0, 0.1) is 12.3 Å². The molecule has 1 fully saturated rings. The summed E-state index contributed by atoms with van der Waals surface area (Å²) in [6, 6.07) is 10.5. The predicted octanol–water partition coefficient (Wildman–Crippen LogP) is 5.90. The zero-order valence-electron chi connectivity index (χ0n) is 22.2. The number of halogens is 4. The second kappa shape index (κ2) is 13.9. The molecule has 0 radical (unpaired) electrons. The molecule has 0 spiro atoms. The van der Waals surface area contributed by atoms with E-state index in [4.69, 9.17) is 28.5 Å². The number of terminal acetylenes is 1. The molecule has 4 rings (SSSR count). The summed E-state index contributed by atoms with van der Waals surface area (Å²) in [7, 11) is 0. The molecule has 41 heavy (non-hydrogen) atoms. The van der Waals surface area contributed by atoms with Crippen LogP contribution in [0.1, 0.15) is 40.7 Å². The van der Waals surface area contributed by atoms with Gasteiger partial charge in [-0.15, -0.1) is 12.3 Å². The van der Waals surface area contributed by atoms with E-state index in [1.165, 1.54) is 6.07 Å². The average molecular weight is 604 g/mol. The molecule has 0 unspecified atom stereocenters. The van der Waals surface area contributed by atoms with E-state index in [1.807, 2.05) is 6.07 Å². The molecule has 1 aliphatic rings. The summed E-state index contributed by atoms with van der Waals surface area (Å²) in [5.41, 5.74) is 4.27. The Bertz CT molecular complexity index is 1410. The first kappa shape index (κ1) is 30.5. The summed E-state index contributed by atoms with van der Waals surface area (Å²) >= 11 is 7.11. The van der Waals surface area contributed by atoms with Gasteiger partial charge in [-0.2, -0.15) is 18.2 Å². The Morgan fingerprint density at radius 1 is 1.15 bits per heavy atom. The quantitative estimate of drug-likeness (QED) is 0.216. The number of alkyl halides is 3. The molecule has 1 aliphatic heterocycles. The van der Waals surface area contributed by atoms with Crippen LogP contribution in [0.25, 0.3) is 0 Å². The number of nitrogens with zero attached hydrogens (tertiary/aromatic N) is 4. The van der Waals surface area contributed by atoms with Crippen LogP contribution < -0.4 is 15.4 Å². The van der Waals surface area contributed by atoms with Gasteiger partial charge in [0, 0.05) is 42.5 Å². The molecule has 7 nitrogen and oxygen atoms in total. The lowest BCUT2D eigenvalue weighted by Gasteiger charge is -2.34. The van der Waals surface area contributed by atoms with Gasteiger partial charge in [0.1, 0.15) is 6.61 Å². The number of piperazine rings is 1. The minimum atomic E-state index is -4.75. The van der Waals surface area contributed by atoms with Crippen molar-refractivity contribution in [1.82, 2.24) is 14.9 Å². The minimum absolute atomic E-state index is 0.143. The maximum Gasteiger partial charge on any atom is 0.417 e. The van der Waals surface area contributed by atoms with Gasteiger partial charge in [0.05, 0.1) is 22.2 Å². The van der Waals surface area contributed by atoms with Gasteiger partial charge in [0.25, 0.3) is 0 Å². The van der Waals surface area contributed by atoms with Crippen molar-refractivity contribution in [3.8, 4) is 18.2 Å². The average Bonchev–Trinajstić information content (AvgIpc) is 2.94. The molecular weight excluding hydrogens is 575 g/mol. The second-order valence-corrected chi connectivity index (χ2v) is 11.0. The maximum absolute atomic E-state index is 13.6. The number of amides is 1. The zero-order chi connectivity index (χ0) is 29.4. The van der Waals surface area contributed by atoms with Crippen LogP contribution in [0.4, 0.5) is 19.1 Å². The number of anilines is 1. The van der Waals surface area contributed by atoms with E-state index >= 15 is 0 Å². The lowest BCUT2D eigenvalue weighted by atomic mass is 10.1. The van der Waals surface area contributed by atoms with Crippen LogP contribution in [0.15, 0.2) is 58.5 Å². The minimum Gasteiger partial charge on any atom is -0.472 e. The van der Waals surface area contributed by atoms with E-state index < -0.39 is 23.2 Å². The number of benzene rings is 2. The molecule has 2 N–H and O–H groups in total. The molecule has 3 aromatic rings. The monoisotopic (exact) mass is 603 g/mol. The van der Waals surface area contributed by atoms with E-state index in [2.05, 4.69) is 25.7 Å². The van der Waals surface area contributed by atoms with Gasteiger partial charge in [-0.05, 0) is 55.3 Å². The Balaban J connectivity index is 1.55. The third-order valence-corrected chi connectivity index (χ3v) is 7.69. The molecule has 2 heterocycles. The highest BCUT2D eigenvalue weighted by atomic mass is 35.5. The fourth-order valence-electron chi connectivity index (χ4n) is 4.35. The molecule has 0 aliphatic carbocycles. The molecule has 0 atom stereocenters. The number of aromatic nitrogens is 2. The highest BCUT2D eigenvalue weighted by Crippen LogP contribution is 2.39. The van der Waals surface area contributed by atoms with Crippen LogP contribution >= 0.6 is 23.4 Å². The van der Waals surface area contributed by atoms with E-state index in [9.17, 15) is 18.0 Å². The summed E-state index contributed by atoms with van der Waals surface area (Å²) in [6.45, 7) is 4.26. The predicted molar refractivity (Wildman–Crippen MR) is 153 cm³/mol. The number of hydrogen-bond donors (Lipinski definition) is 1. The van der Waals surface area contributed by atoms with Gasteiger partial charge in [0.15, 0.2) is 0 Å². The largest absolute Gasteiger partial charge is 0.472 e. The van der Waals surface area contributed by atoms with Gasteiger partial charge in [-0.3, -0.25) is 9.69 Å². The number of rotatable bonds is 11. The van der Waals surface area contributed by atoms with Crippen molar-refractivity contribution >= 4 is 35.2 Å². The van der Waals surface area contributed by atoms with Crippen molar-refractivity contribution < 1.29 is 22.7 Å². The van der Waals surface area contributed by atoms with Crippen molar-refractivity contribution in [1.29, 1.82) is 0 Å². The Hall–Kier alpha value is -3.46. The van der Waals surface area contributed by atoms with E-state index in [1.54, 1.807) is 24.4 Å². The maximum atomic E-state index is 13.6. The van der Waals surface area contributed by atoms with Gasteiger partial charge < -0.3 is 15.4 Å². The summed E-state index contributed by atoms with van der Waals surface area (Å²) in [6.07, 6.45) is 4.95. The first-order valence-corrected chi connectivity index (χ1v) is 14.2. The van der Waals surface area contributed by atoms with Crippen LogP contribution in [-0.4, -0.2) is 53.5 Å². The summed E-state index contributed by atoms with van der Waals surface area (Å²) in [4.78, 5) is 25.8. The fourth-order valence-corrected chi connectivity index (χ4v) is 5.42. The number of ether oxygens (including phenoxy) is 1. The first-order chi connectivity index (χ1) is 19.6. The molecule has 2 aromatic carbocycles. The third-order valence-electron chi connectivity index (χ3n) is 6.46. The van der Waals surface area contributed by atoms with Crippen LogP contribution in [0.5, 0.6) is 5.88 Å². The summed E-state index contributed by atoms with van der Waals surface area (Å²) in [5, 5.41) is 0.551. The summed E-state index contributed by atoms with van der Waals surface area (Å²) < 4.78 is 47.0. The Labute approximate surface area is 246 Å². The number of nitrogens with two attached hydrogens (primary N) is 1. The Morgan fingerprint density at radius 3 is 2.61 bits per heavy atom. The molecule has 12 heteroatoms. The van der Waals surface area contributed by atoms with Crippen molar-refractivity contribution in [2.45, 2.75) is 41.8 Å². The lowest BCUT2D eigenvalue weighted by molar-refractivity contribution is -0.138. The number of carbonyl (C=O) groups is 1. The van der Waals surface area contributed by atoms with Crippen molar-refractivity contribution in [3.63, 3.8) is 0 Å². The molecule has 216 valence electrons. The van der Waals surface area contributed by atoms with E-state index in [0.29, 0.717) is 15.9 Å². The molecule has 1 aromatic heterocycles. The van der Waals surface area contributed by atoms with Gasteiger partial charge >= 0.3 is 6.18 Å². The topological polar surface area (TPSA) is 84.6 Å². The van der Waals surface area contributed by atoms with Gasteiger partial charge in [0.2, 0.25) is 17.7 Å². The number of primary amides is 1. The second-order valence-electron chi connectivity index (χ2n) is 9.42. The Kier molecular flexibility index (Phi) is 10.4. The van der Waals surface area contributed by atoms with Crippen molar-refractivity contribution in [3.05, 3.63) is 70.4 Å². The highest BCUT2D eigenvalue weighted by molar-refractivity contribution is 7.99. The van der Waals surface area contributed by atoms with Crippen LogP contribution in [-0.2, 0) is 12.8 Å². The first-order valence-electron chi connectivity index (χ1n) is 13.0. The van der Waals surface area contributed by atoms with Crippen molar-refractivity contribution in [2.24, 2.45) is 5.73 Å². The number of carbonyl (C=O) groups excluding carboxylic acids is 1. The van der Waals surface area contributed by atoms with Crippen LogP contribution in [0.2, 0.25) is 5.02 Å². The number of hydrogen-bond acceptors (Lipinski definition) is 7. The zero-order valence-corrected chi connectivity index (χ0v) is 23.7. The van der Waals surface area contributed by atoms with Gasteiger partial charge in [-0.1, -0.05) is 35.5 Å². The normalized spacial score (nSPS) is 14.1. The summed E-state index contributed by atoms with van der Waals surface area (Å²) in [5.74, 6) is 2.21. The molecule has 0 saturated carbocycles. The molecule has 0 bridgehead atoms. The van der Waals surface area contributed by atoms with E-state index in [-0.39, 0.29) is 17.4 Å².